The van der Waals surface area contributed by atoms with Crippen molar-refractivity contribution < 1.29 is 14.4 Å². The predicted molar refractivity (Wildman–Crippen MR) is 120 cm³/mol. The van der Waals surface area contributed by atoms with Gasteiger partial charge in [0.15, 0.2) is 5.78 Å². The molecule has 3 aliphatic rings. The lowest BCUT2D eigenvalue weighted by atomic mass is 9.85. The van der Waals surface area contributed by atoms with Crippen molar-refractivity contribution in [2.75, 3.05) is 4.90 Å². The molecule has 3 heterocycles. The molecular weight excluding hydrogens is 388 g/mol. The van der Waals surface area contributed by atoms with Crippen molar-refractivity contribution in [3.63, 3.8) is 0 Å². The summed E-state index contributed by atoms with van der Waals surface area (Å²) < 4.78 is 0. The Labute approximate surface area is 182 Å². The number of nitrogens with zero attached hydrogens (tertiary/aromatic N) is 2. The molecule has 5 unspecified atom stereocenters. The summed E-state index contributed by atoms with van der Waals surface area (Å²) in [7, 11) is 0. The number of imide groups is 1. The van der Waals surface area contributed by atoms with E-state index in [-0.39, 0.29) is 29.7 Å². The van der Waals surface area contributed by atoms with E-state index in [1.807, 2.05) is 68.1 Å². The number of carbonyl (C=O) groups excluding carboxylic acids is 3. The van der Waals surface area contributed by atoms with Crippen LogP contribution in [0.1, 0.15) is 43.1 Å². The van der Waals surface area contributed by atoms with E-state index in [0.29, 0.717) is 12.0 Å². The quantitative estimate of drug-likeness (QED) is 0.562. The number of hydrogen-bond donors (Lipinski definition) is 0. The molecule has 2 fully saturated rings. The second-order valence-corrected chi connectivity index (χ2v) is 8.80. The van der Waals surface area contributed by atoms with E-state index < -0.39 is 17.9 Å². The largest absolute Gasteiger partial charge is 0.352 e. The fraction of sp³-hybridized carbons (Fsp3) is 0.346. The van der Waals surface area contributed by atoms with Crippen molar-refractivity contribution in [1.29, 1.82) is 0 Å². The number of para-hydroxylation sites is 1. The average molecular weight is 415 g/mol. The molecule has 0 aliphatic carbocycles. The molecule has 0 bridgehead atoms. The van der Waals surface area contributed by atoms with Crippen LogP contribution in [0.2, 0.25) is 0 Å². The number of anilines is 1. The lowest BCUT2D eigenvalue weighted by Crippen LogP contribution is -2.50. The van der Waals surface area contributed by atoms with Gasteiger partial charge in [0.2, 0.25) is 11.8 Å². The van der Waals surface area contributed by atoms with Crippen LogP contribution in [-0.4, -0.2) is 40.6 Å². The van der Waals surface area contributed by atoms with Crippen LogP contribution in [0, 0.1) is 11.8 Å². The zero-order chi connectivity index (χ0) is 21.9. The smallest absolute Gasteiger partial charge is 0.236 e. The Morgan fingerprint density at radius 1 is 0.968 bits per heavy atom. The zero-order valence-corrected chi connectivity index (χ0v) is 18.0. The second kappa shape index (κ2) is 7.19. The molecule has 0 saturated carbocycles. The molecule has 2 saturated heterocycles. The number of likely N-dealkylation sites (tertiary alicyclic amines) is 1. The van der Waals surface area contributed by atoms with Crippen LogP contribution < -0.4 is 4.90 Å². The maximum atomic E-state index is 13.8. The zero-order valence-electron chi connectivity index (χ0n) is 18.0. The molecule has 31 heavy (non-hydrogen) atoms. The minimum atomic E-state index is -0.701. The normalized spacial score (nSPS) is 27.5. The molecule has 2 amide bonds. The Kier molecular flexibility index (Phi) is 4.58. The number of Topliss-reactive ketones (excluding diaryl/α,β-unsaturated/α-hetero) is 1. The van der Waals surface area contributed by atoms with Crippen molar-refractivity contribution >= 4 is 28.9 Å². The van der Waals surface area contributed by atoms with Crippen LogP contribution in [0.4, 0.5) is 5.69 Å². The summed E-state index contributed by atoms with van der Waals surface area (Å²) >= 11 is 0. The summed E-state index contributed by atoms with van der Waals surface area (Å²) in [5.41, 5.74) is 3.61. The van der Waals surface area contributed by atoms with Gasteiger partial charge in [-0.3, -0.25) is 19.3 Å². The molecule has 0 N–H and O–H groups in total. The highest BCUT2D eigenvalue weighted by molar-refractivity contribution is 6.14. The molecule has 5 heteroatoms. The van der Waals surface area contributed by atoms with Crippen LogP contribution in [0.15, 0.2) is 60.7 Å². The van der Waals surface area contributed by atoms with E-state index in [9.17, 15) is 14.4 Å². The Morgan fingerprint density at radius 2 is 1.61 bits per heavy atom. The third-order valence-corrected chi connectivity index (χ3v) is 7.15. The van der Waals surface area contributed by atoms with Crippen LogP contribution in [-0.2, 0) is 9.59 Å². The van der Waals surface area contributed by atoms with Gasteiger partial charge in [0.1, 0.15) is 6.04 Å². The van der Waals surface area contributed by atoms with Crippen molar-refractivity contribution in [2.45, 2.75) is 45.3 Å². The minimum Gasteiger partial charge on any atom is -0.352 e. The van der Waals surface area contributed by atoms with Crippen LogP contribution in [0.25, 0.3) is 5.57 Å². The predicted octanol–water partition coefficient (Wildman–Crippen LogP) is 3.94. The van der Waals surface area contributed by atoms with Crippen molar-refractivity contribution in [3.8, 4) is 0 Å². The van der Waals surface area contributed by atoms with E-state index in [1.165, 1.54) is 4.90 Å². The average Bonchev–Trinajstić information content (AvgIpc) is 3.26. The van der Waals surface area contributed by atoms with Crippen molar-refractivity contribution in [1.82, 2.24) is 4.90 Å². The Hall–Kier alpha value is -3.21. The number of rotatable bonds is 4. The van der Waals surface area contributed by atoms with Gasteiger partial charge >= 0.3 is 0 Å². The van der Waals surface area contributed by atoms with Gasteiger partial charge in [-0.05, 0) is 31.9 Å². The third-order valence-electron chi connectivity index (χ3n) is 7.15. The topological polar surface area (TPSA) is 57.7 Å². The van der Waals surface area contributed by atoms with Crippen LogP contribution in [0.3, 0.4) is 0 Å². The first-order valence-electron chi connectivity index (χ1n) is 11.0. The molecule has 158 valence electrons. The number of allylic oxidation sites excluding steroid dienone is 1. The minimum absolute atomic E-state index is 0.104. The fourth-order valence-electron chi connectivity index (χ4n) is 5.51. The number of amides is 2. The number of benzene rings is 2. The number of fused-ring (bicyclic) bond motifs is 5. The standard InChI is InChI=1S/C26H26N2O3/c1-4-16(3)27-25(30)21-20-14-15(2)18-12-8-9-13-19(18)28(20)23(22(21)26(27)31)24(29)17-10-6-5-7-11-17/h5-14,16,20-23H,4H2,1-3H3. The van der Waals surface area contributed by atoms with E-state index in [4.69, 9.17) is 0 Å². The van der Waals surface area contributed by atoms with Crippen molar-refractivity contribution in [2.24, 2.45) is 11.8 Å². The highest BCUT2D eigenvalue weighted by Gasteiger charge is 2.64. The molecule has 5 atom stereocenters. The first-order valence-corrected chi connectivity index (χ1v) is 11.0. The van der Waals surface area contributed by atoms with Gasteiger partial charge in [-0.1, -0.05) is 61.5 Å². The van der Waals surface area contributed by atoms with Gasteiger partial charge in [0.05, 0.1) is 17.9 Å². The Bertz CT molecular complexity index is 1110. The first-order chi connectivity index (χ1) is 15.0. The van der Waals surface area contributed by atoms with Crippen LogP contribution in [0.5, 0.6) is 0 Å². The van der Waals surface area contributed by atoms with Gasteiger partial charge in [-0.15, -0.1) is 0 Å². The highest BCUT2D eigenvalue weighted by atomic mass is 16.2. The number of carbonyl (C=O) groups is 3. The number of hydrogen-bond acceptors (Lipinski definition) is 4. The molecule has 2 aromatic rings. The third kappa shape index (κ3) is 2.72. The molecule has 0 spiro atoms. The summed E-state index contributed by atoms with van der Waals surface area (Å²) in [6.45, 7) is 5.91. The summed E-state index contributed by atoms with van der Waals surface area (Å²) in [6, 6.07) is 15.9. The van der Waals surface area contributed by atoms with Crippen LogP contribution >= 0.6 is 0 Å². The van der Waals surface area contributed by atoms with Gasteiger partial charge in [0.25, 0.3) is 0 Å². The van der Waals surface area contributed by atoms with E-state index in [1.54, 1.807) is 12.1 Å². The van der Waals surface area contributed by atoms with E-state index >= 15 is 0 Å². The van der Waals surface area contributed by atoms with Gasteiger partial charge < -0.3 is 4.90 Å². The van der Waals surface area contributed by atoms with Crippen molar-refractivity contribution in [3.05, 3.63) is 71.8 Å². The summed E-state index contributed by atoms with van der Waals surface area (Å²) in [5.74, 6) is -1.67. The molecule has 2 aromatic carbocycles. The highest BCUT2D eigenvalue weighted by Crippen LogP contribution is 2.50. The molecule has 3 aliphatic heterocycles. The molecule has 5 nitrogen and oxygen atoms in total. The lowest BCUT2D eigenvalue weighted by molar-refractivity contribution is -0.142. The SMILES string of the molecule is CCC(C)N1C(=O)C2C(C1=O)C(C(=O)c1ccccc1)N1c3ccccc3C(C)=CC21. The molecular formula is C26H26N2O3. The molecule has 0 radical (unpaired) electrons. The Balaban J connectivity index is 1.69. The van der Waals surface area contributed by atoms with E-state index in [0.717, 1.165) is 16.8 Å². The van der Waals surface area contributed by atoms with E-state index in [2.05, 4.69) is 6.08 Å². The maximum Gasteiger partial charge on any atom is 0.236 e. The summed E-state index contributed by atoms with van der Waals surface area (Å²) in [5, 5.41) is 0. The molecule has 0 aromatic heterocycles. The first kappa shape index (κ1) is 19.7. The summed E-state index contributed by atoms with van der Waals surface area (Å²) in [4.78, 5) is 44.3. The molecule has 5 rings (SSSR count). The lowest BCUT2D eigenvalue weighted by Gasteiger charge is -2.38. The van der Waals surface area contributed by atoms with Gasteiger partial charge in [-0.25, -0.2) is 0 Å². The van der Waals surface area contributed by atoms with Gasteiger partial charge in [0, 0.05) is 22.9 Å². The maximum absolute atomic E-state index is 13.8. The summed E-state index contributed by atoms with van der Waals surface area (Å²) in [6.07, 6.45) is 2.77. The fourth-order valence-corrected chi connectivity index (χ4v) is 5.51. The monoisotopic (exact) mass is 414 g/mol. The second-order valence-electron chi connectivity index (χ2n) is 8.80. The number of ketones is 1. The Morgan fingerprint density at radius 3 is 2.32 bits per heavy atom. The van der Waals surface area contributed by atoms with Gasteiger partial charge in [-0.2, -0.15) is 0 Å².